The van der Waals surface area contributed by atoms with Crippen molar-refractivity contribution in [2.24, 2.45) is 0 Å². The fourth-order valence-corrected chi connectivity index (χ4v) is 5.02. The maximum absolute atomic E-state index is 13.0. The van der Waals surface area contributed by atoms with Crippen molar-refractivity contribution in [2.75, 3.05) is 18.0 Å². The summed E-state index contributed by atoms with van der Waals surface area (Å²) in [5.74, 6) is 0.0160. The van der Waals surface area contributed by atoms with Gasteiger partial charge in [0.15, 0.2) is 0 Å². The van der Waals surface area contributed by atoms with Crippen LogP contribution in [-0.2, 0) is 0 Å². The Hall–Kier alpha value is -3.29. The van der Waals surface area contributed by atoms with Crippen LogP contribution in [0.5, 0.6) is 0 Å². The van der Waals surface area contributed by atoms with E-state index < -0.39 is 0 Å². The number of amides is 3. The number of imide groups is 1. The van der Waals surface area contributed by atoms with E-state index in [4.69, 9.17) is 0 Å². The van der Waals surface area contributed by atoms with Crippen LogP contribution in [0, 0.1) is 0 Å². The van der Waals surface area contributed by atoms with Gasteiger partial charge in [0.1, 0.15) is 0 Å². The predicted octanol–water partition coefficient (Wildman–Crippen LogP) is 2.80. The average molecular weight is 434 g/mol. The lowest BCUT2D eigenvalue weighted by atomic mass is 9.94. The van der Waals surface area contributed by atoms with Crippen LogP contribution < -0.4 is 10.2 Å². The van der Waals surface area contributed by atoms with Crippen molar-refractivity contribution in [3.05, 3.63) is 53.3 Å². The maximum Gasteiger partial charge on any atom is 0.261 e. The third kappa shape index (κ3) is 3.85. The first kappa shape index (κ1) is 20.6. The Morgan fingerprint density at radius 3 is 2.31 bits per heavy atom. The Morgan fingerprint density at radius 1 is 0.906 bits per heavy atom. The Kier molecular flexibility index (Phi) is 5.59. The van der Waals surface area contributed by atoms with Gasteiger partial charge in [-0.05, 0) is 49.9 Å². The topological polar surface area (TPSA) is 95.5 Å². The summed E-state index contributed by atoms with van der Waals surface area (Å²) in [4.78, 5) is 50.8. The first-order valence-corrected chi connectivity index (χ1v) is 11.5. The summed E-state index contributed by atoms with van der Waals surface area (Å²) in [6, 6.07) is 6.68. The van der Waals surface area contributed by atoms with Crippen LogP contribution in [0.4, 0.5) is 5.95 Å². The van der Waals surface area contributed by atoms with E-state index in [0.717, 1.165) is 58.0 Å². The van der Waals surface area contributed by atoms with Gasteiger partial charge in [0, 0.05) is 43.1 Å². The van der Waals surface area contributed by atoms with E-state index >= 15 is 0 Å². The fourth-order valence-electron chi connectivity index (χ4n) is 5.02. The molecule has 0 bridgehead atoms. The first-order valence-electron chi connectivity index (χ1n) is 11.5. The second-order valence-corrected chi connectivity index (χ2v) is 8.82. The largest absolute Gasteiger partial charge is 0.349 e. The van der Waals surface area contributed by atoms with Crippen LogP contribution in [0.3, 0.4) is 0 Å². The van der Waals surface area contributed by atoms with Crippen LogP contribution in [0.2, 0.25) is 0 Å². The van der Waals surface area contributed by atoms with Gasteiger partial charge in [-0.25, -0.2) is 9.97 Å². The van der Waals surface area contributed by atoms with Gasteiger partial charge in [-0.3, -0.25) is 19.3 Å². The molecule has 1 saturated carbocycles. The van der Waals surface area contributed by atoms with E-state index in [1.54, 1.807) is 36.7 Å². The number of fused-ring (bicyclic) bond motifs is 1. The highest BCUT2D eigenvalue weighted by Gasteiger charge is 2.40. The molecule has 0 spiro atoms. The molecule has 1 saturated heterocycles. The third-order valence-corrected chi connectivity index (χ3v) is 6.79. The van der Waals surface area contributed by atoms with Gasteiger partial charge in [-0.2, -0.15) is 0 Å². The minimum atomic E-state index is -0.261. The molecule has 1 aliphatic carbocycles. The molecule has 0 atom stereocenters. The summed E-state index contributed by atoms with van der Waals surface area (Å²) in [5.41, 5.74) is 1.18. The lowest BCUT2D eigenvalue weighted by molar-refractivity contribution is 0.0548. The Labute approximate surface area is 187 Å². The van der Waals surface area contributed by atoms with E-state index in [-0.39, 0.29) is 29.8 Å². The first-order chi connectivity index (χ1) is 15.6. The number of nitrogens with one attached hydrogen (secondary N) is 1. The molecule has 0 unspecified atom stereocenters. The predicted molar refractivity (Wildman–Crippen MR) is 119 cm³/mol. The molecular weight excluding hydrogens is 406 g/mol. The van der Waals surface area contributed by atoms with E-state index in [1.807, 2.05) is 0 Å². The molecule has 0 radical (unpaired) electrons. The van der Waals surface area contributed by atoms with Crippen LogP contribution in [-0.4, -0.2) is 57.8 Å². The molecule has 2 aromatic rings. The summed E-state index contributed by atoms with van der Waals surface area (Å²) in [6.45, 7) is 1.53. The van der Waals surface area contributed by atoms with Crippen molar-refractivity contribution in [1.82, 2.24) is 20.2 Å². The standard InChI is InChI=1S/C24H27N5O3/c30-21(27-17-9-13-28(14-10-17)24-25-11-4-12-26-24)16-7-8-19-20(15-16)23(32)29(22(19)31)18-5-2-1-3-6-18/h4,7-8,11-12,15,17-18H,1-3,5-6,9-10,13-14H2,(H,27,30). The van der Waals surface area contributed by atoms with Crippen molar-refractivity contribution in [3.8, 4) is 0 Å². The molecule has 8 heteroatoms. The Morgan fingerprint density at radius 2 is 1.59 bits per heavy atom. The molecule has 8 nitrogen and oxygen atoms in total. The average Bonchev–Trinajstić information content (AvgIpc) is 3.10. The minimum absolute atomic E-state index is 0.0211. The number of carbonyl (C=O) groups excluding carboxylic acids is 3. The molecule has 3 amide bonds. The molecular formula is C24H27N5O3. The molecule has 1 aromatic carbocycles. The highest BCUT2D eigenvalue weighted by atomic mass is 16.2. The van der Waals surface area contributed by atoms with E-state index in [1.165, 1.54) is 4.90 Å². The molecule has 2 fully saturated rings. The fraction of sp³-hybridized carbons (Fsp3) is 0.458. The van der Waals surface area contributed by atoms with Crippen molar-refractivity contribution in [3.63, 3.8) is 0 Å². The number of rotatable bonds is 4. The minimum Gasteiger partial charge on any atom is -0.349 e. The molecule has 32 heavy (non-hydrogen) atoms. The lowest BCUT2D eigenvalue weighted by Crippen LogP contribution is -2.45. The lowest BCUT2D eigenvalue weighted by Gasteiger charge is -2.32. The van der Waals surface area contributed by atoms with Gasteiger partial charge in [-0.15, -0.1) is 0 Å². The molecule has 2 aliphatic heterocycles. The molecule has 1 aromatic heterocycles. The number of hydrogen-bond acceptors (Lipinski definition) is 6. The second-order valence-electron chi connectivity index (χ2n) is 8.82. The zero-order chi connectivity index (χ0) is 22.1. The van der Waals surface area contributed by atoms with E-state index in [9.17, 15) is 14.4 Å². The second kappa shape index (κ2) is 8.68. The van der Waals surface area contributed by atoms with Gasteiger partial charge in [-0.1, -0.05) is 19.3 Å². The van der Waals surface area contributed by atoms with E-state index in [0.29, 0.717) is 22.6 Å². The van der Waals surface area contributed by atoms with Gasteiger partial charge in [0.25, 0.3) is 17.7 Å². The monoisotopic (exact) mass is 433 g/mol. The number of aromatic nitrogens is 2. The molecule has 166 valence electrons. The zero-order valence-electron chi connectivity index (χ0n) is 18.0. The number of nitrogens with zero attached hydrogens (tertiary/aromatic N) is 4. The maximum atomic E-state index is 13.0. The molecule has 3 heterocycles. The smallest absolute Gasteiger partial charge is 0.261 e. The van der Waals surface area contributed by atoms with Crippen molar-refractivity contribution in [1.29, 1.82) is 0 Å². The molecule has 5 rings (SSSR count). The van der Waals surface area contributed by atoms with Crippen molar-refractivity contribution < 1.29 is 14.4 Å². The van der Waals surface area contributed by atoms with Gasteiger partial charge in [0.2, 0.25) is 5.95 Å². The SMILES string of the molecule is O=C(NC1CCN(c2ncccn2)CC1)c1ccc2c(c1)C(=O)N(C1CCCCC1)C2=O. The number of hydrogen-bond donors (Lipinski definition) is 1. The number of carbonyl (C=O) groups is 3. The molecule has 3 aliphatic rings. The summed E-state index contributed by atoms with van der Waals surface area (Å²) < 4.78 is 0. The Balaban J connectivity index is 1.23. The Bertz CT molecular complexity index is 1030. The van der Waals surface area contributed by atoms with Crippen LogP contribution in [0.25, 0.3) is 0 Å². The van der Waals surface area contributed by atoms with Crippen LogP contribution in [0.1, 0.15) is 76.0 Å². The van der Waals surface area contributed by atoms with Crippen LogP contribution in [0.15, 0.2) is 36.7 Å². The summed E-state index contributed by atoms with van der Waals surface area (Å²) >= 11 is 0. The quantitative estimate of drug-likeness (QED) is 0.745. The highest BCUT2D eigenvalue weighted by molar-refractivity contribution is 6.22. The summed E-state index contributed by atoms with van der Waals surface area (Å²) in [5, 5.41) is 3.08. The van der Waals surface area contributed by atoms with Crippen LogP contribution >= 0.6 is 0 Å². The number of piperidine rings is 1. The van der Waals surface area contributed by atoms with Gasteiger partial charge in [0.05, 0.1) is 11.1 Å². The zero-order valence-corrected chi connectivity index (χ0v) is 18.0. The summed E-state index contributed by atoms with van der Waals surface area (Å²) in [7, 11) is 0. The van der Waals surface area contributed by atoms with Crippen molar-refractivity contribution in [2.45, 2.75) is 57.0 Å². The third-order valence-electron chi connectivity index (χ3n) is 6.79. The number of anilines is 1. The number of benzene rings is 1. The summed E-state index contributed by atoms with van der Waals surface area (Å²) in [6.07, 6.45) is 10.0. The van der Waals surface area contributed by atoms with Crippen molar-refractivity contribution >= 4 is 23.7 Å². The molecule has 1 N–H and O–H groups in total. The van der Waals surface area contributed by atoms with Gasteiger partial charge >= 0.3 is 0 Å². The normalized spacial score (nSPS) is 19.9. The van der Waals surface area contributed by atoms with Gasteiger partial charge < -0.3 is 10.2 Å². The highest BCUT2D eigenvalue weighted by Crippen LogP contribution is 2.31. The van der Waals surface area contributed by atoms with E-state index in [2.05, 4.69) is 20.2 Å².